The van der Waals surface area contributed by atoms with Gasteiger partial charge in [0.05, 0.1) is 36.2 Å². The highest BCUT2D eigenvalue weighted by atomic mass is 16.5. The lowest BCUT2D eigenvalue weighted by molar-refractivity contribution is 0.415. The molecule has 1 aromatic heterocycles. The molecule has 0 radical (unpaired) electrons. The smallest absolute Gasteiger partial charge is 0.119 e. The fraction of sp³-hybridized carbons (Fsp3) is 0.136. The van der Waals surface area contributed by atoms with Crippen molar-refractivity contribution in [2.24, 2.45) is 5.10 Å². The van der Waals surface area contributed by atoms with Crippen molar-refractivity contribution in [2.45, 2.75) is 12.5 Å². The topological polar surface area (TPSA) is 61.5 Å². The monoisotopic (exact) mass is 354 g/mol. The Morgan fingerprint density at radius 1 is 1.00 bits per heavy atom. The Balaban J connectivity index is 1.72. The van der Waals surface area contributed by atoms with Gasteiger partial charge in [0.25, 0.3) is 0 Å². The number of aromatic nitrogens is 1. The third-order valence-electron chi connectivity index (χ3n) is 4.69. The van der Waals surface area contributed by atoms with Crippen LogP contribution in [0.4, 0.5) is 5.69 Å². The molecule has 5 nitrogen and oxygen atoms in total. The number of nitriles is 1. The lowest BCUT2D eigenvalue weighted by Gasteiger charge is -2.24. The summed E-state index contributed by atoms with van der Waals surface area (Å²) >= 11 is 0. The average Bonchev–Trinajstić information content (AvgIpc) is 3.20. The van der Waals surface area contributed by atoms with Gasteiger partial charge in [0, 0.05) is 18.8 Å². The van der Waals surface area contributed by atoms with E-state index in [9.17, 15) is 0 Å². The van der Waals surface area contributed by atoms with E-state index in [2.05, 4.69) is 11.1 Å². The van der Waals surface area contributed by atoms with Crippen molar-refractivity contribution in [3.8, 4) is 11.8 Å². The molecule has 0 amide bonds. The number of benzene rings is 2. The number of methoxy groups -OCH3 is 1. The molecule has 5 heteroatoms. The molecule has 0 saturated heterocycles. The predicted molar refractivity (Wildman–Crippen MR) is 105 cm³/mol. The molecule has 0 aliphatic carbocycles. The van der Waals surface area contributed by atoms with Crippen LogP contribution in [0.2, 0.25) is 0 Å². The zero-order valence-electron chi connectivity index (χ0n) is 14.9. The maximum absolute atomic E-state index is 9.01. The Hall–Kier alpha value is -3.65. The second-order valence-electron chi connectivity index (χ2n) is 6.28. The van der Waals surface area contributed by atoms with Crippen LogP contribution in [0, 0.1) is 11.3 Å². The quantitative estimate of drug-likeness (QED) is 0.700. The van der Waals surface area contributed by atoms with Gasteiger partial charge in [-0.05, 0) is 59.7 Å². The van der Waals surface area contributed by atoms with Crippen molar-refractivity contribution < 1.29 is 4.74 Å². The summed E-state index contributed by atoms with van der Waals surface area (Å²) in [4.78, 5) is 4.13. The molecule has 0 fully saturated rings. The summed E-state index contributed by atoms with van der Waals surface area (Å²) in [5, 5.41) is 16.0. The second kappa shape index (κ2) is 7.30. The van der Waals surface area contributed by atoms with Crippen LogP contribution in [-0.4, -0.2) is 17.8 Å². The van der Waals surface area contributed by atoms with Crippen molar-refractivity contribution >= 4 is 11.4 Å². The minimum atomic E-state index is 0.0899. The summed E-state index contributed by atoms with van der Waals surface area (Å²) in [7, 11) is 1.66. The third kappa shape index (κ3) is 3.38. The summed E-state index contributed by atoms with van der Waals surface area (Å²) in [5.41, 5.74) is 4.84. The van der Waals surface area contributed by atoms with Gasteiger partial charge in [-0.15, -0.1) is 0 Å². The van der Waals surface area contributed by atoms with Gasteiger partial charge in [0.1, 0.15) is 5.75 Å². The molecule has 4 rings (SSSR count). The first-order valence-electron chi connectivity index (χ1n) is 8.70. The first kappa shape index (κ1) is 16.8. The van der Waals surface area contributed by atoms with E-state index in [1.807, 2.05) is 65.7 Å². The summed E-state index contributed by atoms with van der Waals surface area (Å²) in [6.45, 7) is 0. The van der Waals surface area contributed by atoms with Crippen LogP contribution in [0.15, 0.2) is 78.2 Å². The summed E-state index contributed by atoms with van der Waals surface area (Å²) in [6, 6.07) is 21.8. The molecule has 1 unspecified atom stereocenters. The van der Waals surface area contributed by atoms with E-state index < -0.39 is 0 Å². The summed E-state index contributed by atoms with van der Waals surface area (Å²) in [6.07, 6.45) is 4.39. The van der Waals surface area contributed by atoms with Crippen molar-refractivity contribution in [2.75, 3.05) is 12.1 Å². The van der Waals surface area contributed by atoms with Crippen molar-refractivity contribution in [3.63, 3.8) is 0 Å². The zero-order chi connectivity index (χ0) is 18.6. The van der Waals surface area contributed by atoms with Gasteiger partial charge in [-0.2, -0.15) is 10.4 Å². The number of anilines is 1. The number of hydrazone groups is 1. The number of ether oxygens (including phenoxy) is 1. The molecule has 2 aromatic carbocycles. The Morgan fingerprint density at radius 2 is 1.70 bits per heavy atom. The summed E-state index contributed by atoms with van der Waals surface area (Å²) in [5.74, 6) is 0.815. The predicted octanol–water partition coefficient (Wildman–Crippen LogP) is 4.32. The van der Waals surface area contributed by atoms with Gasteiger partial charge in [0.2, 0.25) is 0 Å². The van der Waals surface area contributed by atoms with E-state index >= 15 is 0 Å². The molecule has 0 N–H and O–H groups in total. The molecule has 27 heavy (non-hydrogen) atoms. The fourth-order valence-corrected chi connectivity index (χ4v) is 3.24. The first-order valence-corrected chi connectivity index (χ1v) is 8.70. The summed E-state index contributed by atoms with van der Waals surface area (Å²) < 4.78 is 5.27. The van der Waals surface area contributed by atoms with Crippen LogP contribution in [0.5, 0.6) is 5.75 Å². The number of nitrogens with zero attached hydrogens (tertiary/aromatic N) is 4. The minimum Gasteiger partial charge on any atom is -0.497 e. The van der Waals surface area contributed by atoms with E-state index in [1.165, 1.54) is 0 Å². The maximum Gasteiger partial charge on any atom is 0.119 e. The molecule has 0 bridgehead atoms. The van der Waals surface area contributed by atoms with Gasteiger partial charge in [-0.3, -0.25) is 9.99 Å². The van der Waals surface area contributed by atoms with Gasteiger partial charge in [0.15, 0.2) is 0 Å². The van der Waals surface area contributed by atoms with E-state index in [-0.39, 0.29) is 6.04 Å². The third-order valence-corrected chi connectivity index (χ3v) is 4.69. The first-order chi connectivity index (χ1) is 13.3. The number of hydrogen-bond acceptors (Lipinski definition) is 5. The Kier molecular flexibility index (Phi) is 4.54. The Bertz CT molecular complexity index is 989. The highest BCUT2D eigenvalue weighted by Crippen LogP contribution is 2.37. The Morgan fingerprint density at radius 3 is 2.33 bits per heavy atom. The number of rotatable bonds is 4. The van der Waals surface area contributed by atoms with Crippen LogP contribution in [0.1, 0.15) is 29.2 Å². The highest BCUT2D eigenvalue weighted by molar-refractivity contribution is 6.03. The molecule has 3 aromatic rings. The van der Waals surface area contributed by atoms with Crippen LogP contribution in [-0.2, 0) is 0 Å². The SMILES string of the molecule is COc1ccc(N2N=C(c3ccc(C#N)cc3)CC2c2ccncc2)cc1. The molecular weight excluding hydrogens is 336 g/mol. The van der Waals surface area contributed by atoms with E-state index in [4.69, 9.17) is 15.1 Å². The maximum atomic E-state index is 9.01. The largest absolute Gasteiger partial charge is 0.497 e. The highest BCUT2D eigenvalue weighted by Gasteiger charge is 2.29. The molecule has 1 atom stereocenters. The average molecular weight is 354 g/mol. The van der Waals surface area contributed by atoms with Gasteiger partial charge in [-0.25, -0.2) is 0 Å². The standard InChI is InChI=1S/C22H18N4O/c1-27-20-8-6-19(7-9-20)26-22(18-10-12-24-13-11-18)14-21(25-26)17-4-2-16(15-23)3-5-17/h2-13,22H,14H2,1H3. The van der Waals surface area contributed by atoms with Crippen molar-refractivity contribution in [1.82, 2.24) is 4.98 Å². The van der Waals surface area contributed by atoms with Crippen LogP contribution in [0.3, 0.4) is 0 Å². The second-order valence-corrected chi connectivity index (χ2v) is 6.28. The van der Waals surface area contributed by atoms with Gasteiger partial charge in [-0.1, -0.05) is 12.1 Å². The lowest BCUT2D eigenvalue weighted by Crippen LogP contribution is -2.18. The molecule has 1 aliphatic heterocycles. The molecule has 132 valence electrons. The zero-order valence-corrected chi connectivity index (χ0v) is 14.9. The molecule has 0 saturated carbocycles. The van der Waals surface area contributed by atoms with Gasteiger partial charge < -0.3 is 4.74 Å². The minimum absolute atomic E-state index is 0.0899. The molecule has 2 heterocycles. The Labute approximate surface area is 158 Å². The number of pyridine rings is 1. The normalized spacial score (nSPS) is 15.9. The fourth-order valence-electron chi connectivity index (χ4n) is 3.24. The van der Waals surface area contributed by atoms with Gasteiger partial charge >= 0.3 is 0 Å². The number of hydrogen-bond donors (Lipinski definition) is 0. The van der Waals surface area contributed by atoms with Crippen molar-refractivity contribution in [3.05, 3.63) is 89.7 Å². The molecular formula is C22H18N4O. The van der Waals surface area contributed by atoms with E-state index in [1.54, 1.807) is 19.5 Å². The molecule has 1 aliphatic rings. The van der Waals surface area contributed by atoms with Crippen LogP contribution in [0.25, 0.3) is 0 Å². The lowest BCUT2D eigenvalue weighted by atomic mass is 9.98. The molecule has 0 spiro atoms. The van der Waals surface area contributed by atoms with E-state index in [0.29, 0.717) is 5.56 Å². The van der Waals surface area contributed by atoms with Crippen molar-refractivity contribution in [1.29, 1.82) is 5.26 Å². The van der Waals surface area contributed by atoms with Crippen LogP contribution < -0.4 is 9.75 Å². The van der Waals surface area contributed by atoms with Crippen LogP contribution >= 0.6 is 0 Å². The van der Waals surface area contributed by atoms with E-state index in [0.717, 1.165) is 34.7 Å².